The highest BCUT2D eigenvalue weighted by Gasteiger charge is 2.32. The molecule has 0 bridgehead atoms. The minimum atomic E-state index is -1.79. The van der Waals surface area contributed by atoms with Crippen LogP contribution in [0.25, 0.3) is 0 Å². The van der Waals surface area contributed by atoms with E-state index in [-0.39, 0.29) is 26.4 Å². The molecule has 0 aliphatic heterocycles. The molecule has 4 N–H and O–H groups in total. The molecule has 0 rings (SSSR count). The van der Waals surface area contributed by atoms with Gasteiger partial charge in [-0.2, -0.15) is 0 Å². The third-order valence-electron chi connectivity index (χ3n) is 5.12. The molecule has 0 aliphatic carbocycles. The Morgan fingerprint density at radius 2 is 0.931 bits per heavy atom. The predicted octanol–water partition coefficient (Wildman–Crippen LogP) is 2.21. The molecule has 0 heterocycles. The molecule has 0 radical (unpaired) electrons. The van der Waals surface area contributed by atoms with Crippen molar-refractivity contribution in [1.29, 1.82) is 0 Å². The van der Waals surface area contributed by atoms with E-state index < -0.39 is 27.5 Å². The van der Waals surface area contributed by atoms with Gasteiger partial charge in [0.25, 0.3) is 0 Å². The van der Waals surface area contributed by atoms with Crippen LogP contribution in [-0.4, -0.2) is 89.9 Å². The molecule has 0 aromatic carbocycles. The summed E-state index contributed by atoms with van der Waals surface area (Å²) in [6.07, 6.45) is 1.83. The fourth-order valence-corrected chi connectivity index (χ4v) is 11.8. The number of ether oxygens (including phenoxy) is 2. The molecule has 0 saturated carbocycles. The van der Waals surface area contributed by atoms with Crippen LogP contribution in [0.15, 0.2) is 0 Å². The molecule has 0 spiro atoms. The first-order chi connectivity index (χ1) is 13.4. The molecule has 0 saturated heterocycles. The Morgan fingerprint density at radius 1 is 0.621 bits per heavy atom. The Morgan fingerprint density at radius 3 is 1.21 bits per heavy atom. The predicted molar refractivity (Wildman–Crippen MR) is 121 cm³/mol. The van der Waals surface area contributed by atoms with Crippen molar-refractivity contribution in [1.82, 2.24) is 0 Å². The molecule has 29 heavy (non-hydrogen) atoms. The second-order valence-corrected chi connectivity index (χ2v) is 19.0. The third-order valence-corrected chi connectivity index (χ3v) is 12.7. The van der Waals surface area contributed by atoms with Gasteiger partial charge in [0.1, 0.15) is 0 Å². The van der Waals surface area contributed by atoms with Gasteiger partial charge in [0.05, 0.1) is 39.6 Å². The fraction of sp³-hybridized carbons (Fsp3) is 1.00. The van der Waals surface area contributed by atoms with E-state index in [0.29, 0.717) is 26.4 Å². The summed E-state index contributed by atoms with van der Waals surface area (Å²) in [6.45, 7) is 14.2. The summed E-state index contributed by atoms with van der Waals surface area (Å²) >= 11 is 0. The average Bonchev–Trinajstić information content (AvgIpc) is 2.65. The van der Waals surface area contributed by atoms with Crippen LogP contribution in [0.4, 0.5) is 0 Å². The van der Waals surface area contributed by atoms with Gasteiger partial charge in [-0.1, -0.05) is 13.8 Å². The third kappa shape index (κ3) is 13.2. The zero-order chi connectivity index (χ0) is 22.6. The lowest BCUT2D eigenvalue weighted by atomic mass is 9.95. The first-order valence-corrected chi connectivity index (χ1v) is 16.9. The maximum Gasteiger partial charge on any atom is 0.173 e. The van der Waals surface area contributed by atoms with Crippen LogP contribution in [0.1, 0.15) is 26.7 Å². The van der Waals surface area contributed by atoms with Crippen molar-refractivity contribution in [3.63, 3.8) is 0 Å². The van der Waals surface area contributed by atoms with Crippen LogP contribution in [0, 0.1) is 10.8 Å². The molecule has 0 aromatic heterocycles. The standard InChI is InChI=1S/C20H46O7Si2/c1-19(13-21,14-22)17-25-9-7-11-28(3,4)27-29(5,6)12-8-10-26-18-20(2,15-23)16-24/h21-24H,7-18H2,1-6H3. The summed E-state index contributed by atoms with van der Waals surface area (Å²) in [5.41, 5.74) is -1.15. The van der Waals surface area contributed by atoms with Crippen molar-refractivity contribution >= 4 is 16.6 Å². The van der Waals surface area contributed by atoms with Crippen LogP contribution >= 0.6 is 0 Å². The second kappa shape index (κ2) is 13.5. The Hall–Kier alpha value is 0.154. The van der Waals surface area contributed by atoms with Gasteiger partial charge in [0.15, 0.2) is 16.6 Å². The first kappa shape index (κ1) is 29.2. The maximum absolute atomic E-state index is 9.29. The molecule has 9 heteroatoms. The van der Waals surface area contributed by atoms with E-state index >= 15 is 0 Å². The van der Waals surface area contributed by atoms with Crippen LogP contribution in [0.2, 0.25) is 38.3 Å². The fourth-order valence-electron chi connectivity index (χ4n) is 2.97. The van der Waals surface area contributed by atoms with Crippen LogP contribution < -0.4 is 0 Å². The molecule has 7 nitrogen and oxygen atoms in total. The SMILES string of the molecule is CC(CO)(CO)COCCC[Si](C)(C)O[Si](C)(C)CCCOCC(C)(CO)CO. The van der Waals surface area contributed by atoms with Gasteiger partial charge in [-0.25, -0.2) is 0 Å². The normalized spacial score (nSPS) is 13.9. The Kier molecular flexibility index (Phi) is 13.6. The van der Waals surface area contributed by atoms with Crippen LogP contribution in [-0.2, 0) is 13.6 Å². The van der Waals surface area contributed by atoms with Crippen molar-refractivity contribution in [2.45, 2.75) is 65.0 Å². The van der Waals surface area contributed by atoms with Gasteiger partial charge in [-0.15, -0.1) is 0 Å². The summed E-state index contributed by atoms with van der Waals surface area (Å²) in [6, 6.07) is 2.03. The highest BCUT2D eigenvalue weighted by atomic mass is 28.4. The van der Waals surface area contributed by atoms with Crippen molar-refractivity contribution < 1.29 is 34.0 Å². The minimum Gasteiger partial charge on any atom is -0.455 e. The minimum absolute atomic E-state index is 0.0877. The molecule has 0 aromatic rings. The topological polar surface area (TPSA) is 109 Å². The lowest BCUT2D eigenvalue weighted by Crippen LogP contribution is -2.44. The second-order valence-electron chi connectivity index (χ2n) is 10.2. The van der Waals surface area contributed by atoms with E-state index in [0.717, 1.165) is 24.9 Å². The lowest BCUT2D eigenvalue weighted by molar-refractivity contribution is -0.0160. The van der Waals surface area contributed by atoms with Crippen molar-refractivity contribution in [3.8, 4) is 0 Å². The molecule has 176 valence electrons. The lowest BCUT2D eigenvalue weighted by Gasteiger charge is -2.34. The Balaban J connectivity index is 4.12. The maximum atomic E-state index is 9.29. The van der Waals surface area contributed by atoms with E-state index in [9.17, 15) is 20.4 Å². The summed E-state index contributed by atoms with van der Waals surface area (Å²) < 4.78 is 17.9. The van der Waals surface area contributed by atoms with E-state index in [4.69, 9.17) is 13.6 Å². The highest BCUT2D eigenvalue weighted by Crippen LogP contribution is 2.24. The molecule has 0 amide bonds. The quantitative estimate of drug-likeness (QED) is 0.186. The summed E-state index contributed by atoms with van der Waals surface area (Å²) in [5, 5.41) is 37.2. The first-order valence-electron chi connectivity index (χ1n) is 10.7. The zero-order valence-corrected chi connectivity index (χ0v) is 21.5. The van der Waals surface area contributed by atoms with Gasteiger partial charge >= 0.3 is 0 Å². The van der Waals surface area contributed by atoms with Gasteiger partial charge < -0.3 is 34.0 Å². The zero-order valence-electron chi connectivity index (χ0n) is 19.5. The van der Waals surface area contributed by atoms with E-state index in [1.54, 1.807) is 13.8 Å². The molecule has 0 fully saturated rings. The smallest absolute Gasteiger partial charge is 0.173 e. The molecular weight excluding hydrogens is 408 g/mol. The van der Waals surface area contributed by atoms with Crippen molar-refractivity contribution in [2.24, 2.45) is 10.8 Å². The van der Waals surface area contributed by atoms with Crippen molar-refractivity contribution in [3.05, 3.63) is 0 Å². The van der Waals surface area contributed by atoms with Crippen LogP contribution in [0.5, 0.6) is 0 Å². The highest BCUT2D eigenvalue weighted by molar-refractivity contribution is 6.84. The van der Waals surface area contributed by atoms with E-state index in [1.165, 1.54) is 0 Å². The monoisotopic (exact) mass is 454 g/mol. The summed E-state index contributed by atoms with van der Waals surface area (Å²) in [5.74, 6) is 0. The van der Waals surface area contributed by atoms with Gasteiger partial charge in [-0.3, -0.25) is 0 Å². The Bertz CT molecular complexity index is 387. The number of aliphatic hydroxyl groups is 4. The number of hydrogen-bond donors (Lipinski definition) is 4. The van der Waals surface area contributed by atoms with E-state index in [1.807, 2.05) is 0 Å². The molecule has 0 atom stereocenters. The van der Waals surface area contributed by atoms with Gasteiger partial charge in [-0.05, 0) is 51.1 Å². The van der Waals surface area contributed by atoms with Gasteiger partial charge in [0.2, 0.25) is 0 Å². The van der Waals surface area contributed by atoms with Gasteiger partial charge in [0, 0.05) is 24.0 Å². The van der Waals surface area contributed by atoms with E-state index in [2.05, 4.69) is 26.2 Å². The number of aliphatic hydroxyl groups excluding tert-OH is 4. The summed E-state index contributed by atoms with van der Waals surface area (Å²) in [7, 11) is -3.57. The number of hydrogen-bond acceptors (Lipinski definition) is 7. The summed E-state index contributed by atoms with van der Waals surface area (Å²) in [4.78, 5) is 0. The molecule has 0 aliphatic rings. The molecule has 0 unspecified atom stereocenters. The van der Waals surface area contributed by atoms with Crippen molar-refractivity contribution in [2.75, 3.05) is 52.9 Å². The average molecular weight is 455 g/mol. The largest absolute Gasteiger partial charge is 0.455 e. The van der Waals surface area contributed by atoms with Crippen LogP contribution in [0.3, 0.4) is 0 Å². The Labute approximate surface area is 179 Å². The molecular formula is C20H46O7Si2. The number of rotatable bonds is 18.